The number of halogens is 4. The van der Waals surface area contributed by atoms with E-state index in [1.54, 1.807) is 6.07 Å². The average molecular weight is 375 g/mol. The minimum atomic E-state index is -4.49. The molecule has 0 N–H and O–H groups in total. The van der Waals surface area contributed by atoms with E-state index >= 15 is 0 Å². The number of fused-ring (bicyclic) bond motifs is 1. The van der Waals surface area contributed by atoms with Crippen LogP contribution in [0.1, 0.15) is 24.2 Å². The Balaban J connectivity index is 2.16. The van der Waals surface area contributed by atoms with Crippen molar-refractivity contribution >= 4 is 21.3 Å². The van der Waals surface area contributed by atoms with Crippen molar-refractivity contribution < 1.29 is 30.3 Å². The zero-order valence-electron chi connectivity index (χ0n) is 12.2. The molecule has 132 valence electrons. The number of alkyl halides is 4. The Morgan fingerprint density at radius 1 is 1.04 bits per heavy atom. The van der Waals surface area contributed by atoms with Gasteiger partial charge in [-0.25, -0.2) is 27.5 Å². The molecule has 2 aromatic heterocycles. The highest BCUT2D eigenvalue weighted by Gasteiger charge is 2.27. The van der Waals surface area contributed by atoms with Gasteiger partial charge in [0.15, 0.2) is 5.65 Å². The zero-order valence-corrected chi connectivity index (χ0v) is 13.0. The number of pyridine rings is 1. The van der Waals surface area contributed by atoms with E-state index in [4.69, 9.17) is 4.28 Å². The van der Waals surface area contributed by atoms with Gasteiger partial charge in [0.05, 0.1) is 0 Å². The Morgan fingerprint density at radius 2 is 1.72 bits per heavy atom. The number of rotatable bonds is 5. The molecule has 0 bridgehead atoms. The Hall–Kier alpha value is -2.69. The molecule has 3 aromatic rings. The van der Waals surface area contributed by atoms with Gasteiger partial charge in [0.1, 0.15) is 10.4 Å². The van der Waals surface area contributed by atoms with Gasteiger partial charge in [-0.15, -0.1) is 4.73 Å². The van der Waals surface area contributed by atoms with Gasteiger partial charge in [-0.2, -0.15) is 8.42 Å². The lowest BCUT2D eigenvalue weighted by molar-refractivity contribution is 0.117. The van der Waals surface area contributed by atoms with Gasteiger partial charge < -0.3 is 0 Å². The van der Waals surface area contributed by atoms with Crippen LogP contribution in [-0.2, 0) is 10.1 Å². The van der Waals surface area contributed by atoms with Crippen LogP contribution in [0.4, 0.5) is 17.6 Å². The van der Waals surface area contributed by atoms with Crippen LogP contribution in [0.5, 0.6) is 0 Å². The minimum Gasteiger partial charge on any atom is -0.282 e. The van der Waals surface area contributed by atoms with Crippen LogP contribution in [-0.4, -0.2) is 23.1 Å². The molecule has 0 amide bonds. The Kier molecular flexibility index (Phi) is 4.33. The number of hydrogen-bond donors (Lipinski definition) is 0. The van der Waals surface area contributed by atoms with E-state index in [0.717, 1.165) is 12.3 Å². The maximum absolute atomic E-state index is 13.2. The van der Waals surface area contributed by atoms with Crippen molar-refractivity contribution in [3.63, 3.8) is 0 Å². The molecule has 6 nitrogen and oxygen atoms in total. The first-order valence-corrected chi connectivity index (χ1v) is 8.15. The molecular weight excluding hydrogens is 366 g/mol. The average Bonchev–Trinajstić information content (AvgIpc) is 2.93. The first-order chi connectivity index (χ1) is 11.8. The highest BCUT2D eigenvalue weighted by atomic mass is 32.2. The molecule has 0 unspecified atom stereocenters. The lowest BCUT2D eigenvalue weighted by Gasteiger charge is -2.10. The SMILES string of the molecule is O=S(=O)(On1c(C(F)F)nc2ncc(C(F)F)cc21)c1ccccc1. The minimum absolute atomic E-state index is 0.210. The normalized spacial score (nSPS) is 12.2. The predicted molar refractivity (Wildman–Crippen MR) is 77.6 cm³/mol. The van der Waals surface area contributed by atoms with E-state index in [2.05, 4.69) is 9.97 Å². The van der Waals surface area contributed by atoms with Crippen LogP contribution in [0.3, 0.4) is 0 Å². The largest absolute Gasteiger partial charge is 0.357 e. The maximum Gasteiger partial charge on any atom is 0.357 e. The number of imidazole rings is 1. The number of hydrogen-bond acceptors (Lipinski definition) is 5. The van der Waals surface area contributed by atoms with Crippen molar-refractivity contribution in [1.29, 1.82) is 0 Å². The van der Waals surface area contributed by atoms with Crippen LogP contribution in [0.15, 0.2) is 47.5 Å². The van der Waals surface area contributed by atoms with Crippen molar-refractivity contribution in [2.24, 2.45) is 0 Å². The molecule has 0 saturated carbocycles. The third-order valence-corrected chi connectivity index (χ3v) is 4.36. The molecule has 11 heteroatoms. The van der Waals surface area contributed by atoms with Crippen molar-refractivity contribution in [2.75, 3.05) is 0 Å². The van der Waals surface area contributed by atoms with Crippen LogP contribution < -0.4 is 4.28 Å². The molecule has 2 heterocycles. The molecule has 0 aliphatic rings. The summed E-state index contributed by atoms with van der Waals surface area (Å²) in [5, 5.41) is 0. The summed E-state index contributed by atoms with van der Waals surface area (Å²) in [5.41, 5.74) is -1.34. The van der Waals surface area contributed by atoms with Gasteiger partial charge in [-0.3, -0.25) is 4.28 Å². The molecule has 25 heavy (non-hydrogen) atoms. The van der Waals surface area contributed by atoms with Gasteiger partial charge >= 0.3 is 10.1 Å². The summed E-state index contributed by atoms with van der Waals surface area (Å²) < 4.78 is 81.4. The summed E-state index contributed by atoms with van der Waals surface area (Å²) >= 11 is 0. The Morgan fingerprint density at radius 3 is 2.32 bits per heavy atom. The molecule has 0 radical (unpaired) electrons. The highest BCUT2D eigenvalue weighted by molar-refractivity contribution is 7.87. The molecule has 0 saturated heterocycles. The van der Waals surface area contributed by atoms with Gasteiger partial charge in [-0.1, -0.05) is 18.2 Å². The van der Waals surface area contributed by atoms with Crippen molar-refractivity contribution in [3.05, 3.63) is 54.0 Å². The fourth-order valence-electron chi connectivity index (χ4n) is 2.04. The molecule has 3 rings (SSSR count). The molecule has 0 atom stereocenters. The summed E-state index contributed by atoms with van der Waals surface area (Å²) in [7, 11) is -4.49. The second-order valence-corrected chi connectivity index (χ2v) is 6.35. The van der Waals surface area contributed by atoms with Crippen molar-refractivity contribution in [2.45, 2.75) is 17.7 Å². The van der Waals surface area contributed by atoms with E-state index in [-0.39, 0.29) is 15.3 Å². The van der Waals surface area contributed by atoms with E-state index in [9.17, 15) is 26.0 Å². The maximum atomic E-state index is 13.2. The van der Waals surface area contributed by atoms with Crippen LogP contribution in [0, 0.1) is 0 Å². The van der Waals surface area contributed by atoms with Gasteiger partial charge in [0, 0.05) is 11.8 Å². The van der Waals surface area contributed by atoms with Crippen molar-refractivity contribution in [3.8, 4) is 0 Å². The highest BCUT2D eigenvalue weighted by Crippen LogP contribution is 2.27. The topological polar surface area (TPSA) is 74.1 Å². The van der Waals surface area contributed by atoms with E-state index in [0.29, 0.717) is 0 Å². The Bertz CT molecular complexity index is 1010. The molecular formula is C14H9F4N3O3S. The van der Waals surface area contributed by atoms with Crippen molar-refractivity contribution in [1.82, 2.24) is 14.7 Å². The van der Waals surface area contributed by atoms with E-state index in [1.165, 1.54) is 24.3 Å². The Labute approximate surface area is 138 Å². The number of nitrogens with zero attached hydrogens (tertiary/aromatic N) is 3. The smallest absolute Gasteiger partial charge is 0.282 e. The van der Waals surface area contributed by atoms with Gasteiger partial charge in [0.2, 0.25) is 5.82 Å². The van der Waals surface area contributed by atoms with Crippen LogP contribution >= 0.6 is 0 Å². The van der Waals surface area contributed by atoms with E-state index < -0.39 is 39.9 Å². The third-order valence-electron chi connectivity index (χ3n) is 3.17. The third kappa shape index (κ3) is 3.27. The number of aromatic nitrogens is 3. The summed E-state index contributed by atoms with van der Waals surface area (Å²) in [6.07, 6.45) is -5.37. The van der Waals surface area contributed by atoms with Crippen LogP contribution in [0.2, 0.25) is 0 Å². The second-order valence-electron chi connectivity index (χ2n) is 4.82. The monoisotopic (exact) mass is 375 g/mol. The van der Waals surface area contributed by atoms with Gasteiger partial charge in [-0.05, 0) is 18.2 Å². The lowest BCUT2D eigenvalue weighted by Crippen LogP contribution is -2.22. The summed E-state index contributed by atoms with van der Waals surface area (Å²) in [6, 6.07) is 7.56. The number of benzene rings is 1. The lowest BCUT2D eigenvalue weighted by atomic mass is 10.3. The molecule has 0 aliphatic heterocycles. The van der Waals surface area contributed by atoms with Gasteiger partial charge in [0.25, 0.3) is 12.9 Å². The fraction of sp³-hybridized carbons (Fsp3) is 0.143. The predicted octanol–water partition coefficient (Wildman–Crippen LogP) is 3.12. The molecule has 1 aromatic carbocycles. The van der Waals surface area contributed by atoms with Crippen LogP contribution in [0.25, 0.3) is 11.2 Å². The summed E-state index contributed by atoms with van der Waals surface area (Å²) in [6.45, 7) is 0. The molecule has 0 aliphatic carbocycles. The van der Waals surface area contributed by atoms with E-state index in [1.807, 2.05) is 0 Å². The molecule has 0 spiro atoms. The summed E-state index contributed by atoms with van der Waals surface area (Å²) in [5.74, 6) is -1.06. The quantitative estimate of drug-likeness (QED) is 0.641. The second kappa shape index (κ2) is 6.31. The summed E-state index contributed by atoms with van der Waals surface area (Å²) in [4.78, 5) is 6.71. The zero-order chi connectivity index (χ0) is 18.2. The fourth-order valence-corrected chi connectivity index (χ4v) is 2.97. The first kappa shape index (κ1) is 17.1. The standard InChI is InChI=1S/C14H9F4N3O3S/c15-11(16)8-6-10-13(19-7-8)20-14(12(17)18)21(10)24-25(22,23)9-4-2-1-3-5-9/h1-7,11-12H. The molecule has 0 fully saturated rings. The first-order valence-electron chi connectivity index (χ1n) is 6.74.